The molecule has 1 aromatic carbocycles. The third kappa shape index (κ3) is 3.68. The fraction of sp³-hybridized carbons (Fsp3) is 0.364. The zero-order chi connectivity index (χ0) is 15.1. The van der Waals surface area contributed by atoms with E-state index in [1.165, 1.54) is 0 Å². The fourth-order valence-corrected chi connectivity index (χ4v) is 2.01. The van der Waals surface area contributed by atoms with Gasteiger partial charge < -0.3 is 10.1 Å². The van der Waals surface area contributed by atoms with E-state index in [4.69, 9.17) is 11.6 Å². The second kappa shape index (κ2) is 5.84. The Bertz CT molecular complexity index is 550. The number of nitrogens with one attached hydrogen (secondary N) is 1. The van der Waals surface area contributed by atoms with Gasteiger partial charge in [0.25, 0.3) is 0 Å². The minimum Gasteiger partial charge on any atom is -0.443 e. The van der Waals surface area contributed by atoms with Crippen LogP contribution < -0.4 is 5.32 Å². The van der Waals surface area contributed by atoms with Gasteiger partial charge in [-0.15, -0.1) is 12.4 Å². The first-order chi connectivity index (χ1) is 9.11. The number of amides is 1. The molecule has 1 saturated heterocycles. The van der Waals surface area contributed by atoms with Crippen molar-refractivity contribution in [3.05, 3.63) is 34.3 Å². The number of benzene rings is 1. The summed E-state index contributed by atoms with van der Waals surface area (Å²) in [5.74, 6) is -3.66. The summed E-state index contributed by atoms with van der Waals surface area (Å²) >= 11 is 5.46. The van der Waals surface area contributed by atoms with Crippen molar-refractivity contribution in [2.24, 2.45) is 0 Å². The summed E-state index contributed by atoms with van der Waals surface area (Å²) in [4.78, 5) is 11.0. The number of rotatable bonds is 1. The van der Waals surface area contributed by atoms with Crippen LogP contribution in [0.2, 0.25) is 5.02 Å². The van der Waals surface area contributed by atoms with Gasteiger partial charge in [0.2, 0.25) is 0 Å². The quantitative estimate of drug-likeness (QED) is 0.770. The molecule has 0 radical (unpaired) electrons. The fourth-order valence-electron chi connectivity index (χ4n) is 1.84. The molecule has 1 fully saturated rings. The Balaban J connectivity index is 0.00000220. The smallest absolute Gasteiger partial charge is 0.416 e. The summed E-state index contributed by atoms with van der Waals surface area (Å²) in [5, 5.41) is 1.45. The zero-order valence-electron chi connectivity index (χ0n) is 10.0. The van der Waals surface area contributed by atoms with Crippen LogP contribution in [0.5, 0.6) is 0 Å². The molecule has 0 unspecified atom stereocenters. The highest BCUT2D eigenvalue weighted by molar-refractivity contribution is 6.30. The van der Waals surface area contributed by atoms with E-state index in [1.54, 1.807) is 5.32 Å². The predicted octanol–water partition coefficient (Wildman–Crippen LogP) is 4.20. The molecule has 10 heteroatoms. The molecule has 3 nitrogen and oxygen atoms in total. The first-order valence-electron chi connectivity index (χ1n) is 5.29. The zero-order valence-corrected chi connectivity index (χ0v) is 11.6. The lowest BCUT2D eigenvalue weighted by molar-refractivity contribution is -0.141. The van der Waals surface area contributed by atoms with Gasteiger partial charge in [-0.3, -0.25) is 0 Å². The highest BCUT2D eigenvalue weighted by atomic mass is 35.5. The largest absolute Gasteiger partial charge is 0.443 e. The van der Waals surface area contributed by atoms with Crippen LogP contribution in [0.3, 0.4) is 0 Å². The highest BCUT2D eigenvalue weighted by Gasteiger charge is 2.49. The summed E-state index contributed by atoms with van der Waals surface area (Å²) in [6.07, 6.45) is -6.08. The van der Waals surface area contributed by atoms with Crippen LogP contribution in [0.4, 0.5) is 26.7 Å². The molecule has 118 valence electrons. The molecule has 2 rings (SSSR count). The van der Waals surface area contributed by atoms with Gasteiger partial charge in [0.15, 0.2) is 6.61 Å². The lowest BCUT2D eigenvalue weighted by Crippen LogP contribution is -2.50. The monoisotopic (exact) mass is 351 g/mol. The van der Waals surface area contributed by atoms with E-state index < -0.39 is 42.0 Å². The van der Waals surface area contributed by atoms with E-state index in [-0.39, 0.29) is 17.4 Å². The number of carbonyl (C=O) groups is 1. The van der Waals surface area contributed by atoms with Crippen molar-refractivity contribution in [2.75, 3.05) is 6.61 Å². The topological polar surface area (TPSA) is 38.3 Å². The third-order valence-corrected chi connectivity index (χ3v) is 2.95. The van der Waals surface area contributed by atoms with Crippen LogP contribution in [0.25, 0.3) is 0 Å². The van der Waals surface area contributed by atoms with E-state index in [9.17, 15) is 26.7 Å². The van der Waals surface area contributed by atoms with E-state index >= 15 is 0 Å². The number of hydrogen-bond acceptors (Lipinski definition) is 2. The molecule has 0 saturated carbocycles. The molecule has 1 N–H and O–H groups in total. The standard InChI is InChI=1S/C11H7ClF5NO2.ClH/c12-5-1-2-6(7(3-5)11(15,16)17)8-10(13,14)4-20-9(19)18-8;/h1-3,8H,4H2,(H,18,19);1H/t8-;/m1./s1. The predicted molar refractivity (Wildman–Crippen MR) is 65.9 cm³/mol. The van der Waals surface area contributed by atoms with Crippen molar-refractivity contribution in [1.82, 2.24) is 5.32 Å². The average molecular weight is 352 g/mol. The van der Waals surface area contributed by atoms with Crippen LogP contribution in [0.15, 0.2) is 18.2 Å². The van der Waals surface area contributed by atoms with Crippen molar-refractivity contribution in [3.63, 3.8) is 0 Å². The molecule has 1 atom stereocenters. The normalized spacial score (nSPS) is 21.0. The average Bonchev–Trinajstić information content (AvgIpc) is 2.31. The number of halogens is 7. The minimum atomic E-state index is -4.88. The molecule has 0 aromatic heterocycles. The van der Waals surface area contributed by atoms with E-state index in [2.05, 4.69) is 4.74 Å². The molecule has 0 aliphatic carbocycles. The molecule has 0 spiro atoms. The van der Waals surface area contributed by atoms with Gasteiger partial charge in [0, 0.05) is 5.02 Å². The molecule has 1 aromatic rings. The number of alkyl halides is 5. The van der Waals surface area contributed by atoms with E-state index in [0.717, 1.165) is 12.1 Å². The lowest BCUT2D eigenvalue weighted by Gasteiger charge is -2.33. The van der Waals surface area contributed by atoms with Crippen molar-refractivity contribution < 1.29 is 31.5 Å². The molecule has 1 amide bonds. The Labute approximate surface area is 126 Å². The van der Waals surface area contributed by atoms with Crippen molar-refractivity contribution >= 4 is 30.1 Å². The lowest BCUT2D eigenvalue weighted by atomic mass is 9.95. The van der Waals surface area contributed by atoms with Gasteiger partial charge in [0.05, 0.1) is 5.56 Å². The molecule has 1 heterocycles. The summed E-state index contributed by atoms with van der Waals surface area (Å²) in [7, 11) is 0. The van der Waals surface area contributed by atoms with Gasteiger partial charge in [-0.25, -0.2) is 13.6 Å². The van der Waals surface area contributed by atoms with Gasteiger partial charge >= 0.3 is 18.2 Å². The second-order valence-corrected chi connectivity index (χ2v) is 4.58. The summed E-state index contributed by atoms with van der Waals surface area (Å²) < 4.78 is 70.1. The Morgan fingerprint density at radius 2 is 1.95 bits per heavy atom. The number of alkyl carbamates (subject to hydrolysis) is 1. The second-order valence-electron chi connectivity index (χ2n) is 4.14. The van der Waals surface area contributed by atoms with Crippen LogP contribution in [-0.4, -0.2) is 18.6 Å². The summed E-state index contributed by atoms with van der Waals surface area (Å²) in [6, 6.07) is 0.269. The van der Waals surface area contributed by atoms with Gasteiger partial charge in [-0.2, -0.15) is 13.2 Å². The van der Waals surface area contributed by atoms with Crippen LogP contribution in [0.1, 0.15) is 17.2 Å². The molecular formula is C11H8Cl2F5NO2. The first kappa shape index (κ1) is 17.8. The first-order valence-corrected chi connectivity index (χ1v) is 5.67. The third-order valence-electron chi connectivity index (χ3n) is 2.71. The minimum absolute atomic E-state index is 0. The Kier molecular flexibility index (Phi) is 4.94. The molecular weight excluding hydrogens is 344 g/mol. The number of cyclic esters (lactones) is 1. The van der Waals surface area contributed by atoms with E-state index in [1.807, 2.05) is 0 Å². The maximum absolute atomic E-state index is 13.7. The van der Waals surface area contributed by atoms with E-state index in [0.29, 0.717) is 6.07 Å². The SMILES string of the molecule is Cl.O=C1N[C@H](c2ccc(Cl)cc2C(F)(F)F)C(F)(F)CO1. The van der Waals surface area contributed by atoms with Crippen LogP contribution in [-0.2, 0) is 10.9 Å². The van der Waals surface area contributed by atoms with Crippen molar-refractivity contribution in [2.45, 2.75) is 18.1 Å². The maximum atomic E-state index is 13.7. The summed E-state index contributed by atoms with van der Waals surface area (Å²) in [6.45, 7) is -1.29. The van der Waals surface area contributed by atoms with Crippen molar-refractivity contribution in [1.29, 1.82) is 0 Å². The van der Waals surface area contributed by atoms with Crippen molar-refractivity contribution in [3.8, 4) is 0 Å². The summed E-state index contributed by atoms with van der Waals surface area (Å²) in [5.41, 5.74) is -2.08. The maximum Gasteiger partial charge on any atom is 0.416 e. The molecule has 1 aliphatic heterocycles. The van der Waals surface area contributed by atoms with Crippen LogP contribution >= 0.6 is 24.0 Å². The van der Waals surface area contributed by atoms with Gasteiger partial charge in [0.1, 0.15) is 6.04 Å². The number of carbonyl (C=O) groups excluding carboxylic acids is 1. The Morgan fingerprint density at radius 1 is 1.33 bits per heavy atom. The molecule has 21 heavy (non-hydrogen) atoms. The Morgan fingerprint density at radius 3 is 2.52 bits per heavy atom. The molecule has 1 aliphatic rings. The molecule has 0 bridgehead atoms. The Hall–Kier alpha value is -1.28. The van der Waals surface area contributed by atoms with Gasteiger partial charge in [-0.05, 0) is 17.7 Å². The number of ether oxygens (including phenoxy) is 1. The van der Waals surface area contributed by atoms with Crippen LogP contribution in [0, 0.1) is 0 Å². The highest BCUT2D eigenvalue weighted by Crippen LogP contribution is 2.42. The van der Waals surface area contributed by atoms with Gasteiger partial charge in [-0.1, -0.05) is 17.7 Å². The number of hydrogen-bond donors (Lipinski definition) is 1.